The summed E-state index contributed by atoms with van der Waals surface area (Å²) in [5, 5.41) is 2.51. The summed E-state index contributed by atoms with van der Waals surface area (Å²) in [6.07, 6.45) is 1.79. The highest BCUT2D eigenvalue weighted by Gasteiger charge is 2.16. The van der Waals surface area contributed by atoms with Gasteiger partial charge in [0.2, 0.25) is 0 Å². The zero-order chi connectivity index (χ0) is 15.6. The van der Waals surface area contributed by atoms with Gasteiger partial charge in [-0.25, -0.2) is 0 Å². The number of carbonyl (C=O) groups excluding carboxylic acids is 1. The third kappa shape index (κ3) is 3.05. The molecule has 0 aliphatic rings. The number of nitrogens with one attached hydrogen (secondary N) is 1. The van der Waals surface area contributed by atoms with E-state index in [-0.39, 0.29) is 23.1 Å². The minimum Gasteiger partial charge on any atom is -0.355 e. The van der Waals surface area contributed by atoms with Crippen LogP contribution >= 0.6 is 0 Å². The van der Waals surface area contributed by atoms with E-state index in [1.165, 1.54) is 7.05 Å². The van der Waals surface area contributed by atoms with E-state index in [0.717, 1.165) is 16.7 Å². The highest BCUT2D eigenvalue weighted by molar-refractivity contribution is 5.93. The van der Waals surface area contributed by atoms with E-state index in [9.17, 15) is 9.59 Å². The maximum Gasteiger partial charge on any atom is 0.263 e. The van der Waals surface area contributed by atoms with Gasteiger partial charge in [-0.1, -0.05) is 29.8 Å². The number of carbonyl (C=O) groups is 1. The lowest BCUT2D eigenvalue weighted by Crippen LogP contribution is -2.33. The molecule has 21 heavy (non-hydrogen) atoms. The van der Waals surface area contributed by atoms with Gasteiger partial charge in [0.05, 0.1) is 6.04 Å². The molecule has 1 amide bonds. The predicted molar refractivity (Wildman–Crippen MR) is 83.8 cm³/mol. The lowest BCUT2D eigenvalue weighted by molar-refractivity contribution is 0.0961. The highest BCUT2D eigenvalue weighted by Crippen LogP contribution is 2.18. The largest absolute Gasteiger partial charge is 0.355 e. The molecule has 0 spiro atoms. The van der Waals surface area contributed by atoms with Gasteiger partial charge >= 0.3 is 0 Å². The Morgan fingerprint density at radius 3 is 2.52 bits per heavy atom. The Kier molecular flexibility index (Phi) is 4.26. The number of amides is 1. The summed E-state index contributed by atoms with van der Waals surface area (Å²) in [5.41, 5.74) is 2.98. The number of pyridine rings is 1. The smallest absolute Gasteiger partial charge is 0.263 e. The third-order valence-electron chi connectivity index (χ3n) is 3.59. The van der Waals surface area contributed by atoms with Gasteiger partial charge in [-0.2, -0.15) is 0 Å². The Labute approximate surface area is 124 Å². The van der Waals surface area contributed by atoms with Crippen LogP contribution in [0.25, 0.3) is 0 Å². The highest BCUT2D eigenvalue weighted by atomic mass is 16.2. The molecule has 1 unspecified atom stereocenters. The Morgan fingerprint density at radius 1 is 1.19 bits per heavy atom. The van der Waals surface area contributed by atoms with Crippen molar-refractivity contribution in [1.29, 1.82) is 0 Å². The van der Waals surface area contributed by atoms with Crippen molar-refractivity contribution in [3.8, 4) is 0 Å². The molecule has 1 aromatic heterocycles. The van der Waals surface area contributed by atoms with Crippen molar-refractivity contribution in [2.75, 3.05) is 7.05 Å². The van der Waals surface area contributed by atoms with Crippen molar-refractivity contribution in [2.45, 2.75) is 26.8 Å². The molecule has 0 radical (unpaired) electrons. The van der Waals surface area contributed by atoms with Gasteiger partial charge in [0, 0.05) is 13.2 Å². The third-order valence-corrected chi connectivity index (χ3v) is 3.59. The molecule has 0 aliphatic heterocycles. The fourth-order valence-electron chi connectivity index (χ4n) is 2.42. The van der Waals surface area contributed by atoms with Crippen LogP contribution in [-0.2, 0) is 0 Å². The minimum atomic E-state index is -0.353. The molecule has 0 saturated carbocycles. The SMILES string of the molecule is CNC(=O)c1cc(C)cn(C(C)c2cccc(C)c2)c1=O. The van der Waals surface area contributed by atoms with Gasteiger partial charge < -0.3 is 9.88 Å². The van der Waals surface area contributed by atoms with E-state index >= 15 is 0 Å². The van der Waals surface area contributed by atoms with E-state index in [0.29, 0.717) is 0 Å². The number of aryl methyl sites for hydroxylation is 2. The molecular weight excluding hydrogens is 264 g/mol. The van der Waals surface area contributed by atoms with Crippen molar-refractivity contribution in [3.63, 3.8) is 0 Å². The molecule has 1 aromatic carbocycles. The van der Waals surface area contributed by atoms with Crippen LogP contribution in [0.15, 0.2) is 41.3 Å². The van der Waals surface area contributed by atoms with Gasteiger partial charge in [0.25, 0.3) is 11.5 Å². The first-order chi connectivity index (χ1) is 9.93. The van der Waals surface area contributed by atoms with Crippen LogP contribution in [0.4, 0.5) is 0 Å². The summed E-state index contributed by atoms with van der Waals surface area (Å²) in [7, 11) is 1.53. The number of aromatic nitrogens is 1. The van der Waals surface area contributed by atoms with Crippen molar-refractivity contribution < 1.29 is 4.79 Å². The molecule has 110 valence electrons. The Morgan fingerprint density at radius 2 is 1.90 bits per heavy atom. The quantitative estimate of drug-likeness (QED) is 0.941. The average molecular weight is 284 g/mol. The van der Waals surface area contributed by atoms with Gasteiger partial charge in [0.1, 0.15) is 5.56 Å². The van der Waals surface area contributed by atoms with Gasteiger partial charge in [-0.3, -0.25) is 9.59 Å². The molecule has 1 atom stereocenters. The van der Waals surface area contributed by atoms with Crippen molar-refractivity contribution in [3.05, 3.63) is 69.1 Å². The Bertz CT molecular complexity index is 732. The maximum absolute atomic E-state index is 12.5. The molecule has 0 bridgehead atoms. The van der Waals surface area contributed by atoms with Crippen molar-refractivity contribution >= 4 is 5.91 Å². The summed E-state index contributed by atoms with van der Waals surface area (Å²) < 4.78 is 1.62. The number of nitrogens with zero attached hydrogens (tertiary/aromatic N) is 1. The molecule has 4 heteroatoms. The molecular formula is C17H20N2O2. The van der Waals surface area contributed by atoms with E-state index in [4.69, 9.17) is 0 Å². The van der Waals surface area contributed by atoms with Gasteiger partial charge in [-0.15, -0.1) is 0 Å². The average Bonchev–Trinajstić information content (AvgIpc) is 2.47. The Balaban J connectivity index is 2.56. The summed E-state index contributed by atoms with van der Waals surface area (Å²) in [4.78, 5) is 24.4. The predicted octanol–water partition coefficient (Wildman–Crippen LogP) is 2.43. The van der Waals surface area contributed by atoms with Crippen molar-refractivity contribution in [2.24, 2.45) is 0 Å². The Hall–Kier alpha value is -2.36. The zero-order valence-electron chi connectivity index (χ0n) is 12.8. The molecule has 0 saturated heterocycles. The maximum atomic E-state index is 12.5. The van der Waals surface area contributed by atoms with Crippen LogP contribution in [0.3, 0.4) is 0 Å². The van der Waals surface area contributed by atoms with E-state index in [1.54, 1.807) is 16.8 Å². The second-order valence-electron chi connectivity index (χ2n) is 5.31. The van der Waals surface area contributed by atoms with Crippen molar-refractivity contribution in [1.82, 2.24) is 9.88 Å². The standard InChI is InChI=1S/C17H20N2O2/c1-11-6-5-7-14(8-11)13(3)19-10-12(2)9-15(17(19)21)16(20)18-4/h5-10,13H,1-4H3,(H,18,20). The molecule has 0 aliphatic carbocycles. The fourth-order valence-corrected chi connectivity index (χ4v) is 2.42. The molecule has 0 fully saturated rings. The van der Waals surface area contributed by atoms with E-state index in [1.807, 2.05) is 39.0 Å². The summed E-state index contributed by atoms with van der Waals surface area (Å²) >= 11 is 0. The second kappa shape index (κ2) is 5.95. The minimum absolute atomic E-state index is 0.124. The lowest BCUT2D eigenvalue weighted by atomic mass is 10.0. The number of rotatable bonds is 3. The number of benzene rings is 1. The van der Waals surface area contributed by atoms with Crippen LogP contribution in [0, 0.1) is 13.8 Å². The number of hydrogen-bond acceptors (Lipinski definition) is 2. The zero-order valence-corrected chi connectivity index (χ0v) is 12.8. The first kappa shape index (κ1) is 15.0. The molecule has 1 N–H and O–H groups in total. The topological polar surface area (TPSA) is 51.1 Å². The van der Waals surface area contributed by atoms with Crippen LogP contribution < -0.4 is 10.9 Å². The van der Waals surface area contributed by atoms with Crippen LogP contribution in [0.5, 0.6) is 0 Å². The van der Waals surface area contributed by atoms with Gasteiger partial charge in [-0.05, 0) is 38.0 Å². The summed E-state index contributed by atoms with van der Waals surface area (Å²) in [6.45, 7) is 5.86. The molecule has 4 nitrogen and oxygen atoms in total. The molecule has 2 rings (SSSR count). The second-order valence-corrected chi connectivity index (χ2v) is 5.31. The number of hydrogen-bond donors (Lipinski definition) is 1. The summed E-state index contributed by atoms with van der Waals surface area (Å²) in [6, 6.07) is 9.54. The van der Waals surface area contributed by atoms with Crippen LogP contribution in [0.1, 0.15) is 40.0 Å². The first-order valence-corrected chi connectivity index (χ1v) is 6.95. The molecule has 1 heterocycles. The lowest BCUT2D eigenvalue weighted by Gasteiger charge is -2.18. The van der Waals surface area contributed by atoms with Crippen LogP contribution in [0.2, 0.25) is 0 Å². The van der Waals surface area contributed by atoms with Gasteiger partial charge in [0.15, 0.2) is 0 Å². The molecule has 2 aromatic rings. The first-order valence-electron chi connectivity index (χ1n) is 6.95. The monoisotopic (exact) mass is 284 g/mol. The normalized spacial score (nSPS) is 12.0. The fraction of sp³-hybridized carbons (Fsp3) is 0.294. The van der Waals surface area contributed by atoms with E-state index in [2.05, 4.69) is 11.4 Å². The summed E-state index contributed by atoms with van der Waals surface area (Å²) in [5.74, 6) is -0.353. The van der Waals surface area contributed by atoms with E-state index < -0.39 is 0 Å². The van der Waals surface area contributed by atoms with Crippen LogP contribution in [-0.4, -0.2) is 17.5 Å².